The molecule has 3 rings (SSSR count). The molecule has 1 aliphatic heterocycles. The van der Waals surface area contributed by atoms with E-state index in [1.807, 2.05) is 18.2 Å². The van der Waals surface area contributed by atoms with Crippen LogP contribution in [0.4, 0.5) is 0 Å². The number of nitrogens with one attached hydrogen (secondary N) is 2. The molecule has 32 heavy (non-hydrogen) atoms. The lowest BCUT2D eigenvalue weighted by atomic mass is 10.0. The van der Waals surface area contributed by atoms with Crippen LogP contribution >= 0.6 is 0 Å². The number of hydrogen-bond donors (Lipinski definition) is 3. The van der Waals surface area contributed by atoms with Gasteiger partial charge in [-0.1, -0.05) is 36.4 Å². The van der Waals surface area contributed by atoms with Gasteiger partial charge in [0.2, 0.25) is 0 Å². The summed E-state index contributed by atoms with van der Waals surface area (Å²) in [5.74, 6) is 2.10. The highest BCUT2D eigenvalue weighted by molar-refractivity contribution is 5.80. The Morgan fingerprint density at radius 1 is 1.16 bits per heavy atom. The number of hydrogen-bond acceptors (Lipinski definition) is 5. The summed E-state index contributed by atoms with van der Waals surface area (Å²) in [4.78, 5) is 7.30. The van der Waals surface area contributed by atoms with Crippen molar-refractivity contribution >= 4 is 5.96 Å². The van der Waals surface area contributed by atoms with Crippen LogP contribution in [0.15, 0.2) is 53.5 Å². The van der Waals surface area contributed by atoms with Gasteiger partial charge in [-0.15, -0.1) is 0 Å². The molecule has 1 unspecified atom stereocenters. The topological polar surface area (TPSA) is 78.4 Å². The van der Waals surface area contributed by atoms with Gasteiger partial charge in [0, 0.05) is 25.7 Å². The fourth-order valence-electron chi connectivity index (χ4n) is 3.93. The predicted octanol–water partition coefficient (Wildman–Crippen LogP) is 2.79. The first-order valence-corrected chi connectivity index (χ1v) is 11.4. The molecule has 2 aromatic carbocycles. The van der Waals surface area contributed by atoms with Crippen molar-refractivity contribution in [2.75, 3.05) is 40.0 Å². The molecular formula is C25H36N4O3. The molecule has 1 aliphatic rings. The van der Waals surface area contributed by atoms with E-state index in [0.717, 1.165) is 44.1 Å². The fraction of sp³-hybridized carbons (Fsp3) is 0.480. The summed E-state index contributed by atoms with van der Waals surface area (Å²) in [5.41, 5.74) is 2.39. The van der Waals surface area contributed by atoms with Crippen LogP contribution in [0.2, 0.25) is 0 Å². The molecule has 2 aromatic rings. The zero-order valence-electron chi connectivity index (χ0n) is 19.2. The van der Waals surface area contributed by atoms with Crippen LogP contribution in [0.25, 0.3) is 0 Å². The molecule has 7 nitrogen and oxygen atoms in total. The van der Waals surface area contributed by atoms with Crippen LogP contribution in [0.5, 0.6) is 11.5 Å². The summed E-state index contributed by atoms with van der Waals surface area (Å²) in [6, 6.07) is 16.8. The van der Waals surface area contributed by atoms with Crippen LogP contribution in [-0.2, 0) is 13.1 Å². The van der Waals surface area contributed by atoms with E-state index >= 15 is 0 Å². The van der Waals surface area contributed by atoms with Crippen molar-refractivity contribution in [3.05, 3.63) is 59.7 Å². The maximum absolute atomic E-state index is 8.97. The third-order valence-corrected chi connectivity index (χ3v) is 5.44. The Labute approximate surface area is 191 Å². The van der Waals surface area contributed by atoms with Crippen molar-refractivity contribution in [3.63, 3.8) is 0 Å². The third-order valence-electron chi connectivity index (χ3n) is 5.44. The molecule has 1 atom stereocenters. The van der Waals surface area contributed by atoms with Gasteiger partial charge in [-0.3, -0.25) is 4.90 Å². The van der Waals surface area contributed by atoms with Gasteiger partial charge in [0.25, 0.3) is 0 Å². The predicted molar refractivity (Wildman–Crippen MR) is 128 cm³/mol. The van der Waals surface area contributed by atoms with Gasteiger partial charge in [0.1, 0.15) is 6.61 Å². The summed E-state index contributed by atoms with van der Waals surface area (Å²) in [6.45, 7) is 6.75. The highest BCUT2D eigenvalue weighted by Gasteiger charge is 2.20. The maximum atomic E-state index is 8.97. The Hall–Kier alpha value is -2.77. The minimum Gasteiger partial charge on any atom is -0.493 e. The Kier molecular flexibility index (Phi) is 9.65. The molecule has 7 heteroatoms. The summed E-state index contributed by atoms with van der Waals surface area (Å²) in [5, 5.41) is 16.0. The van der Waals surface area contributed by atoms with Crippen LogP contribution in [0.1, 0.15) is 30.9 Å². The Morgan fingerprint density at radius 2 is 2.00 bits per heavy atom. The molecule has 0 amide bonds. The SMILES string of the molecule is CCNC(=NCc1ccc(OCCO)c(OC)c1)NC1CCCN(Cc2ccccc2)C1. The number of aliphatic imine (C=N–C) groups is 1. The van der Waals surface area contributed by atoms with Crippen molar-refractivity contribution < 1.29 is 14.6 Å². The lowest BCUT2D eigenvalue weighted by molar-refractivity contribution is 0.192. The zero-order chi connectivity index (χ0) is 22.6. The summed E-state index contributed by atoms with van der Waals surface area (Å²) in [6.07, 6.45) is 2.32. The van der Waals surface area contributed by atoms with Gasteiger partial charge in [0.05, 0.1) is 20.3 Å². The standard InChI is InChI=1S/C25H36N4O3/c1-3-26-25(27-17-21-11-12-23(32-15-14-30)24(16-21)31-2)28-22-10-7-13-29(19-22)18-20-8-5-4-6-9-20/h4-6,8-9,11-12,16,22,30H,3,7,10,13-15,17-19H2,1-2H3,(H2,26,27,28). The number of methoxy groups -OCH3 is 1. The van der Waals surface area contributed by atoms with Crippen molar-refractivity contribution in [3.8, 4) is 11.5 Å². The number of aliphatic hydroxyl groups excluding tert-OH is 1. The minimum absolute atomic E-state index is 0.0309. The summed E-state index contributed by atoms with van der Waals surface area (Å²) in [7, 11) is 1.62. The van der Waals surface area contributed by atoms with E-state index in [-0.39, 0.29) is 13.2 Å². The number of piperidine rings is 1. The molecule has 1 heterocycles. The van der Waals surface area contributed by atoms with Crippen molar-refractivity contribution in [1.82, 2.24) is 15.5 Å². The largest absolute Gasteiger partial charge is 0.493 e. The lowest BCUT2D eigenvalue weighted by Crippen LogP contribution is -2.50. The molecule has 0 saturated carbocycles. The van der Waals surface area contributed by atoms with Gasteiger partial charge in [0.15, 0.2) is 17.5 Å². The Bertz CT molecular complexity index is 844. The minimum atomic E-state index is -0.0309. The van der Waals surface area contributed by atoms with Crippen LogP contribution in [0, 0.1) is 0 Å². The second-order valence-corrected chi connectivity index (χ2v) is 7.96. The Morgan fingerprint density at radius 3 is 2.75 bits per heavy atom. The first kappa shape index (κ1) is 23.9. The number of guanidine groups is 1. The number of ether oxygens (including phenoxy) is 2. The van der Waals surface area contributed by atoms with Gasteiger partial charge < -0.3 is 25.2 Å². The lowest BCUT2D eigenvalue weighted by Gasteiger charge is -2.34. The third kappa shape index (κ3) is 7.43. The molecule has 0 radical (unpaired) electrons. The van der Waals surface area contributed by atoms with Gasteiger partial charge in [-0.25, -0.2) is 4.99 Å². The second-order valence-electron chi connectivity index (χ2n) is 7.96. The number of nitrogens with zero attached hydrogens (tertiary/aromatic N) is 2. The highest BCUT2D eigenvalue weighted by Crippen LogP contribution is 2.28. The van der Waals surface area contributed by atoms with Gasteiger partial charge in [-0.05, 0) is 49.6 Å². The summed E-state index contributed by atoms with van der Waals surface area (Å²) < 4.78 is 10.9. The van der Waals surface area contributed by atoms with E-state index in [9.17, 15) is 0 Å². The first-order chi connectivity index (χ1) is 15.7. The van der Waals surface area contributed by atoms with E-state index in [1.165, 1.54) is 12.0 Å². The smallest absolute Gasteiger partial charge is 0.191 e. The molecular weight excluding hydrogens is 404 g/mol. The van der Waals surface area contributed by atoms with Gasteiger partial charge >= 0.3 is 0 Å². The number of likely N-dealkylation sites (tertiary alicyclic amines) is 1. The quantitative estimate of drug-likeness (QED) is 0.390. The molecule has 1 fully saturated rings. The molecule has 0 bridgehead atoms. The average molecular weight is 441 g/mol. The van der Waals surface area contributed by atoms with Crippen molar-refractivity contribution in [2.24, 2.45) is 4.99 Å². The van der Waals surface area contributed by atoms with Crippen LogP contribution < -0.4 is 20.1 Å². The molecule has 174 valence electrons. The van der Waals surface area contributed by atoms with E-state index < -0.39 is 0 Å². The number of aliphatic hydroxyl groups is 1. The second kappa shape index (κ2) is 12.9. The number of benzene rings is 2. The first-order valence-electron chi connectivity index (χ1n) is 11.4. The van der Waals surface area contributed by atoms with Gasteiger partial charge in [-0.2, -0.15) is 0 Å². The van der Waals surface area contributed by atoms with E-state index in [1.54, 1.807) is 7.11 Å². The number of rotatable bonds is 10. The molecule has 3 N–H and O–H groups in total. The fourth-order valence-corrected chi connectivity index (χ4v) is 3.93. The average Bonchev–Trinajstić information content (AvgIpc) is 2.82. The zero-order valence-corrected chi connectivity index (χ0v) is 19.2. The highest BCUT2D eigenvalue weighted by atomic mass is 16.5. The molecule has 0 aromatic heterocycles. The van der Waals surface area contributed by atoms with E-state index in [2.05, 4.69) is 52.8 Å². The maximum Gasteiger partial charge on any atom is 0.191 e. The molecule has 1 saturated heterocycles. The molecule has 0 spiro atoms. The van der Waals surface area contributed by atoms with Crippen molar-refractivity contribution in [2.45, 2.75) is 38.9 Å². The normalized spacial score (nSPS) is 17.1. The monoisotopic (exact) mass is 440 g/mol. The van der Waals surface area contributed by atoms with Crippen LogP contribution in [-0.4, -0.2) is 62.0 Å². The van der Waals surface area contributed by atoms with E-state index in [4.69, 9.17) is 19.6 Å². The van der Waals surface area contributed by atoms with Crippen molar-refractivity contribution in [1.29, 1.82) is 0 Å². The van der Waals surface area contributed by atoms with Crippen LogP contribution in [0.3, 0.4) is 0 Å². The Balaban J connectivity index is 1.59. The summed E-state index contributed by atoms with van der Waals surface area (Å²) >= 11 is 0. The van der Waals surface area contributed by atoms with E-state index in [0.29, 0.717) is 24.1 Å². The molecule has 0 aliphatic carbocycles.